The second-order valence-corrected chi connectivity index (χ2v) is 6.68. The molecule has 0 saturated heterocycles. The number of hydrogen-bond donors (Lipinski definition) is 2. The summed E-state index contributed by atoms with van der Waals surface area (Å²) in [5, 5.41) is 13.4. The number of carbonyl (C=O) groups is 2. The van der Waals surface area contributed by atoms with Gasteiger partial charge in [0.1, 0.15) is 6.04 Å². The summed E-state index contributed by atoms with van der Waals surface area (Å²) < 4.78 is 1.07. The van der Waals surface area contributed by atoms with Crippen LogP contribution in [0.25, 0.3) is 0 Å². The normalized spacial score (nSPS) is 12.1. The summed E-state index contributed by atoms with van der Waals surface area (Å²) >= 11 is 6.73. The van der Waals surface area contributed by atoms with E-state index in [2.05, 4.69) is 27.3 Å². The predicted octanol–water partition coefficient (Wildman–Crippen LogP) is 2.72. The molecule has 0 spiro atoms. The maximum Gasteiger partial charge on any atom is 0.326 e. The van der Waals surface area contributed by atoms with Gasteiger partial charge in [-0.15, -0.1) is 11.3 Å². The van der Waals surface area contributed by atoms with E-state index < -0.39 is 12.0 Å². The summed E-state index contributed by atoms with van der Waals surface area (Å²) in [6.45, 7) is 1.33. The highest BCUT2D eigenvalue weighted by Crippen LogP contribution is 2.24. The molecule has 0 fully saturated rings. The zero-order chi connectivity index (χ0) is 13.5. The number of carboxylic acid groups (broad SMARTS) is 1. The van der Waals surface area contributed by atoms with Gasteiger partial charge in [0.05, 0.1) is 0 Å². The maximum atomic E-state index is 10.9. The first-order valence-corrected chi connectivity index (χ1v) is 8.12. The van der Waals surface area contributed by atoms with Crippen molar-refractivity contribution in [2.45, 2.75) is 25.1 Å². The molecule has 1 aromatic rings. The Morgan fingerprint density at radius 1 is 1.61 bits per heavy atom. The third-order valence-electron chi connectivity index (χ3n) is 2.09. The van der Waals surface area contributed by atoms with Gasteiger partial charge in [0.15, 0.2) is 0 Å². The molecule has 4 nitrogen and oxygen atoms in total. The number of carbonyl (C=O) groups excluding carboxylic acids is 1. The lowest BCUT2D eigenvalue weighted by Crippen LogP contribution is -2.39. The Hall–Kier alpha value is -0.530. The van der Waals surface area contributed by atoms with Gasteiger partial charge in [-0.05, 0) is 34.2 Å². The van der Waals surface area contributed by atoms with E-state index in [1.54, 1.807) is 23.1 Å². The van der Waals surface area contributed by atoms with E-state index in [-0.39, 0.29) is 5.91 Å². The van der Waals surface area contributed by atoms with Crippen molar-refractivity contribution in [3.05, 3.63) is 20.8 Å². The lowest BCUT2D eigenvalue weighted by atomic mass is 10.2. The molecule has 0 aliphatic rings. The summed E-state index contributed by atoms with van der Waals surface area (Å²) in [4.78, 5) is 23.0. The smallest absolute Gasteiger partial charge is 0.326 e. The van der Waals surface area contributed by atoms with Crippen LogP contribution in [0.5, 0.6) is 0 Å². The summed E-state index contributed by atoms with van der Waals surface area (Å²) in [5.41, 5.74) is 0. The van der Waals surface area contributed by atoms with E-state index >= 15 is 0 Å². The molecule has 0 radical (unpaired) electrons. The Kier molecular flexibility index (Phi) is 6.73. The van der Waals surface area contributed by atoms with Crippen molar-refractivity contribution in [3.8, 4) is 0 Å². The standard InChI is InChI=1S/C11H14BrNO3S2/c1-7(14)13-10(11(15)16)2-3-17-6-9-4-8(12)5-18-9/h4-5,10H,2-3,6H2,1H3,(H,13,14)(H,15,16). The minimum atomic E-state index is -0.982. The first-order valence-electron chi connectivity index (χ1n) is 5.29. The number of nitrogens with one attached hydrogen (secondary N) is 1. The second-order valence-electron chi connectivity index (χ2n) is 3.66. The third kappa shape index (κ3) is 5.88. The number of amides is 1. The Labute approximate surface area is 122 Å². The van der Waals surface area contributed by atoms with Crippen LogP contribution in [0, 0.1) is 0 Å². The molecule has 1 rings (SSSR count). The van der Waals surface area contributed by atoms with Crippen molar-refractivity contribution in [2.75, 3.05) is 5.75 Å². The van der Waals surface area contributed by atoms with Gasteiger partial charge in [-0.1, -0.05) is 0 Å². The lowest BCUT2D eigenvalue weighted by Gasteiger charge is -2.12. The Bertz CT molecular complexity index is 422. The number of hydrogen-bond acceptors (Lipinski definition) is 4. The van der Waals surface area contributed by atoms with Crippen molar-refractivity contribution in [3.63, 3.8) is 0 Å². The molecule has 1 unspecified atom stereocenters. The van der Waals surface area contributed by atoms with Crippen LogP contribution in [0.1, 0.15) is 18.2 Å². The van der Waals surface area contributed by atoms with Gasteiger partial charge >= 0.3 is 5.97 Å². The Morgan fingerprint density at radius 3 is 2.83 bits per heavy atom. The molecule has 0 bridgehead atoms. The fourth-order valence-electron chi connectivity index (χ4n) is 1.31. The van der Waals surface area contributed by atoms with Crippen LogP contribution in [-0.4, -0.2) is 28.8 Å². The van der Waals surface area contributed by atoms with Gasteiger partial charge in [-0.2, -0.15) is 11.8 Å². The van der Waals surface area contributed by atoms with Gasteiger partial charge in [0.25, 0.3) is 0 Å². The highest BCUT2D eigenvalue weighted by Gasteiger charge is 2.17. The van der Waals surface area contributed by atoms with Crippen molar-refractivity contribution < 1.29 is 14.7 Å². The van der Waals surface area contributed by atoms with E-state index in [4.69, 9.17) is 5.11 Å². The molecular weight excluding hydrogens is 338 g/mol. The molecule has 2 N–H and O–H groups in total. The largest absolute Gasteiger partial charge is 0.480 e. The molecule has 1 aromatic heterocycles. The summed E-state index contributed by atoms with van der Waals surface area (Å²) in [6.07, 6.45) is 0.437. The highest BCUT2D eigenvalue weighted by molar-refractivity contribution is 9.10. The Morgan fingerprint density at radius 2 is 2.33 bits per heavy atom. The van der Waals surface area contributed by atoms with Crippen LogP contribution >= 0.6 is 39.0 Å². The van der Waals surface area contributed by atoms with Crippen LogP contribution in [0.4, 0.5) is 0 Å². The van der Waals surface area contributed by atoms with E-state index in [0.717, 1.165) is 10.2 Å². The van der Waals surface area contributed by atoms with Crippen LogP contribution in [-0.2, 0) is 15.3 Å². The van der Waals surface area contributed by atoms with Crippen molar-refractivity contribution in [2.24, 2.45) is 0 Å². The van der Waals surface area contributed by atoms with Gasteiger partial charge in [-0.25, -0.2) is 4.79 Å². The molecule has 1 atom stereocenters. The molecule has 1 heterocycles. The number of thioether (sulfide) groups is 1. The van der Waals surface area contributed by atoms with E-state index in [9.17, 15) is 9.59 Å². The second kappa shape index (κ2) is 7.81. The molecule has 100 valence electrons. The first-order chi connectivity index (χ1) is 8.49. The van der Waals surface area contributed by atoms with Gasteiger partial charge in [-0.3, -0.25) is 4.79 Å². The molecule has 0 aliphatic carbocycles. The summed E-state index contributed by atoms with van der Waals surface area (Å²) in [6, 6.07) is 1.27. The van der Waals surface area contributed by atoms with E-state index in [1.165, 1.54) is 11.8 Å². The lowest BCUT2D eigenvalue weighted by molar-refractivity contribution is -0.141. The van der Waals surface area contributed by atoms with Crippen LogP contribution in [0.2, 0.25) is 0 Å². The maximum absolute atomic E-state index is 10.9. The van der Waals surface area contributed by atoms with Gasteiger partial charge < -0.3 is 10.4 Å². The molecule has 1 amide bonds. The number of halogens is 1. The average Bonchev–Trinajstić information content (AvgIpc) is 2.68. The topological polar surface area (TPSA) is 66.4 Å². The minimum Gasteiger partial charge on any atom is -0.480 e. The highest BCUT2D eigenvalue weighted by atomic mass is 79.9. The quantitative estimate of drug-likeness (QED) is 0.741. The number of rotatable bonds is 7. The van der Waals surface area contributed by atoms with Crippen LogP contribution < -0.4 is 5.32 Å². The number of aliphatic carboxylic acids is 1. The minimum absolute atomic E-state index is 0.311. The number of thiophene rings is 1. The number of carboxylic acids is 1. The summed E-state index contributed by atoms with van der Waals surface area (Å²) in [5.74, 6) is 0.273. The molecule has 18 heavy (non-hydrogen) atoms. The molecule has 0 aromatic carbocycles. The van der Waals surface area contributed by atoms with Gasteiger partial charge in [0.2, 0.25) is 5.91 Å². The van der Waals surface area contributed by atoms with Crippen LogP contribution in [0.15, 0.2) is 15.9 Å². The van der Waals surface area contributed by atoms with E-state index in [1.807, 2.05) is 5.38 Å². The van der Waals surface area contributed by atoms with Crippen molar-refractivity contribution in [1.82, 2.24) is 5.32 Å². The molecule has 0 aliphatic heterocycles. The summed E-state index contributed by atoms with van der Waals surface area (Å²) in [7, 11) is 0. The average molecular weight is 352 g/mol. The zero-order valence-corrected chi connectivity index (χ0v) is 13.0. The van der Waals surface area contributed by atoms with Crippen molar-refractivity contribution >= 4 is 50.9 Å². The third-order valence-corrected chi connectivity index (χ3v) is 5.01. The van der Waals surface area contributed by atoms with Crippen molar-refractivity contribution in [1.29, 1.82) is 0 Å². The first kappa shape index (κ1) is 15.5. The van der Waals surface area contributed by atoms with E-state index in [0.29, 0.717) is 12.2 Å². The fraction of sp³-hybridized carbons (Fsp3) is 0.455. The fourth-order valence-corrected chi connectivity index (χ4v) is 3.89. The zero-order valence-electron chi connectivity index (χ0n) is 9.81. The Balaban J connectivity index is 2.26. The SMILES string of the molecule is CC(=O)NC(CCSCc1cc(Br)cs1)C(=O)O. The monoisotopic (exact) mass is 351 g/mol. The predicted molar refractivity (Wildman–Crippen MR) is 78.0 cm³/mol. The van der Waals surface area contributed by atoms with Crippen LogP contribution in [0.3, 0.4) is 0 Å². The molecule has 7 heteroatoms. The molecule has 0 saturated carbocycles. The molecular formula is C11H14BrNO3S2. The van der Waals surface area contributed by atoms with Gasteiger partial charge in [0, 0.05) is 27.4 Å².